The Bertz CT molecular complexity index is 1010. The van der Waals surface area contributed by atoms with Gasteiger partial charge in [0.2, 0.25) is 0 Å². The van der Waals surface area contributed by atoms with Crippen molar-refractivity contribution in [1.29, 1.82) is 0 Å². The smallest absolute Gasteiger partial charge is 0.407 e. The summed E-state index contributed by atoms with van der Waals surface area (Å²) in [6.45, 7) is 1.82. The van der Waals surface area contributed by atoms with Crippen molar-refractivity contribution in [3.8, 4) is 11.1 Å². The van der Waals surface area contributed by atoms with E-state index < -0.39 is 18.0 Å². The van der Waals surface area contributed by atoms with Crippen LogP contribution < -0.4 is 5.32 Å². The van der Waals surface area contributed by atoms with E-state index in [2.05, 4.69) is 22.4 Å². The first-order valence-corrected chi connectivity index (χ1v) is 8.83. The molecule has 0 atom stereocenters. The molecule has 0 saturated heterocycles. The number of nitrogens with zero attached hydrogens (tertiary/aromatic N) is 1. The van der Waals surface area contributed by atoms with Crippen LogP contribution in [0.2, 0.25) is 0 Å². The molecule has 0 fully saturated rings. The summed E-state index contributed by atoms with van der Waals surface area (Å²) >= 11 is 0. The summed E-state index contributed by atoms with van der Waals surface area (Å²) in [5.41, 5.74) is 5.00. The van der Waals surface area contributed by atoms with Crippen molar-refractivity contribution in [3.63, 3.8) is 0 Å². The van der Waals surface area contributed by atoms with Crippen molar-refractivity contribution in [1.82, 2.24) is 10.3 Å². The number of carboxylic acid groups (broad SMARTS) is 1. The number of aromatic nitrogens is 1. The van der Waals surface area contributed by atoms with E-state index >= 15 is 0 Å². The molecule has 4 rings (SSSR count). The number of carbonyl (C=O) groups excluding carboxylic acids is 1. The summed E-state index contributed by atoms with van der Waals surface area (Å²) in [7, 11) is 0. The summed E-state index contributed by atoms with van der Waals surface area (Å²) in [5, 5.41) is 11.5. The number of ether oxygens (including phenoxy) is 1. The van der Waals surface area contributed by atoms with Crippen LogP contribution in [0.5, 0.6) is 0 Å². The van der Waals surface area contributed by atoms with E-state index in [0.29, 0.717) is 5.69 Å². The number of hydrogen-bond acceptors (Lipinski definition) is 5. The van der Waals surface area contributed by atoms with Crippen molar-refractivity contribution < 1.29 is 23.8 Å². The summed E-state index contributed by atoms with van der Waals surface area (Å²) in [4.78, 5) is 26.8. The van der Waals surface area contributed by atoms with Gasteiger partial charge in [-0.1, -0.05) is 48.5 Å². The second-order valence-electron chi connectivity index (χ2n) is 6.51. The van der Waals surface area contributed by atoms with Gasteiger partial charge in [-0.15, -0.1) is 0 Å². The molecule has 2 N–H and O–H groups in total. The number of aromatic carboxylic acids is 1. The predicted molar refractivity (Wildman–Crippen MR) is 100 cm³/mol. The average molecular weight is 378 g/mol. The van der Waals surface area contributed by atoms with Crippen LogP contribution in [0.25, 0.3) is 11.1 Å². The Balaban J connectivity index is 1.41. The first-order valence-electron chi connectivity index (χ1n) is 8.83. The van der Waals surface area contributed by atoms with Crippen LogP contribution in [-0.2, 0) is 11.3 Å². The fraction of sp³-hybridized carbons (Fsp3) is 0.190. The van der Waals surface area contributed by atoms with Gasteiger partial charge in [0.1, 0.15) is 12.4 Å². The number of hydrogen-bond donors (Lipinski definition) is 2. The van der Waals surface area contributed by atoms with Crippen molar-refractivity contribution in [3.05, 3.63) is 77.0 Å². The van der Waals surface area contributed by atoms with Crippen LogP contribution >= 0.6 is 0 Å². The Hall–Kier alpha value is -3.61. The van der Waals surface area contributed by atoms with Crippen LogP contribution in [-0.4, -0.2) is 28.8 Å². The molecule has 1 aliphatic carbocycles. The fourth-order valence-corrected chi connectivity index (χ4v) is 3.49. The van der Waals surface area contributed by atoms with Gasteiger partial charge in [-0.25, -0.2) is 14.6 Å². The molecule has 0 spiro atoms. The van der Waals surface area contributed by atoms with Gasteiger partial charge in [-0.3, -0.25) is 0 Å². The third kappa shape index (κ3) is 3.22. The lowest BCUT2D eigenvalue weighted by molar-refractivity contribution is 0.0651. The summed E-state index contributed by atoms with van der Waals surface area (Å²) in [5.74, 6) is -1.40. The number of rotatable bonds is 5. The van der Waals surface area contributed by atoms with Crippen molar-refractivity contribution in [2.24, 2.45) is 0 Å². The maximum Gasteiger partial charge on any atom is 0.407 e. The lowest BCUT2D eigenvalue weighted by Crippen LogP contribution is -2.25. The Morgan fingerprint density at radius 1 is 1.11 bits per heavy atom. The van der Waals surface area contributed by atoms with Crippen LogP contribution in [0.1, 0.15) is 39.2 Å². The van der Waals surface area contributed by atoms with Gasteiger partial charge in [0.15, 0.2) is 0 Å². The number of benzene rings is 2. The molecule has 0 radical (unpaired) electrons. The Morgan fingerprint density at radius 3 is 2.29 bits per heavy atom. The molecule has 0 bridgehead atoms. The molecule has 142 valence electrons. The number of carboxylic acids is 1. The van der Waals surface area contributed by atoms with E-state index in [0.717, 1.165) is 22.3 Å². The van der Waals surface area contributed by atoms with Crippen LogP contribution in [0.15, 0.2) is 52.9 Å². The minimum Gasteiger partial charge on any atom is -0.474 e. The second kappa shape index (κ2) is 7.19. The van der Waals surface area contributed by atoms with Crippen LogP contribution in [0.3, 0.4) is 0 Å². The molecule has 28 heavy (non-hydrogen) atoms. The highest BCUT2D eigenvalue weighted by atomic mass is 16.5. The molecule has 7 nitrogen and oxygen atoms in total. The second-order valence-corrected chi connectivity index (χ2v) is 6.51. The highest BCUT2D eigenvalue weighted by Crippen LogP contribution is 2.44. The molecule has 0 aliphatic heterocycles. The van der Waals surface area contributed by atoms with E-state index in [9.17, 15) is 9.59 Å². The maximum atomic E-state index is 12.1. The highest BCUT2D eigenvalue weighted by Gasteiger charge is 2.29. The molecular weight excluding hydrogens is 360 g/mol. The molecule has 1 heterocycles. The fourth-order valence-electron chi connectivity index (χ4n) is 3.49. The monoisotopic (exact) mass is 378 g/mol. The Morgan fingerprint density at radius 2 is 1.71 bits per heavy atom. The zero-order valence-corrected chi connectivity index (χ0v) is 15.1. The zero-order valence-electron chi connectivity index (χ0n) is 15.1. The number of oxazole rings is 1. The van der Waals surface area contributed by atoms with Crippen molar-refractivity contribution in [2.75, 3.05) is 6.61 Å². The van der Waals surface area contributed by atoms with Crippen molar-refractivity contribution in [2.45, 2.75) is 19.4 Å². The van der Waals surface area contributed by atoms with Crippen molar-refractivity contribution >= 4 is 12.1 Å². The summed E-state index contributed by atoms with van der Waals surface area (Å²) in [6, 6.07) is 16.2. The molecule has 2 aromatic carbocycles. The van der Waals surface area contributed by atoms with E-state index in [1.807, 2.05) is 36.4 Å². The SMILES string of the molecule is Cc1nc(C(=O)O)oc1CNC(=O)OCC1c2ccccc2-c2ccccc21. The van der Waals surface area contributed by atoms with Crippen LogP contribution in [0.4, 0.5) is 4.79 Å². The summed E-state index contributed by atoms with van der Waals surface area (Å²) in [6.07, 6.45) is -0.602. The highest BCUT2D eigenvalue weighted by molar-refractivity contribution is 5.82. The number of aryl methyl sites for hydroxylation is 1. The molecule has 1 amide bonds. The molecule has 1 aromatic heterocycles. The minimum atomic E-state index is -1.25. The van der Waals surface area contributed by atoms with Gasteiger partial charge in [0, 0.05) is 5.92 Å². The number of alkyl carbamates (subject to hydrolysis) is 1. The quantitative estimate of drug-likeness (QED) is 0.702. The number of amides is 1. The molecule has 0 unspecified atom stereocenters. The number of fused-ring (bicyclic) bond motifs is 3. The van der Waals surface area contributed by atoms with Gasteiger partial charge in [0.25, 0.3) is 0 Å². The lowest BCUT2D eigenvalue weighted by Gasteiger charge is -2.14. The normalized spacial score (nSPS) is 12.3. The maximum absolute atomic E-state index is 12.1. The number of carbonyl (C=O) groups is 2. The topological polar surface area (TPSA) is 102 Å². The van der Waals surface area contributed by atoms with Crippen LogP contribution in [0, 0.1) is 6.92 Å². The van der Waals surface area contributed by atoms with Gasteiger partial charge < -0.3 is 19.6 Å². The van der Waals surface area contributed by atoms with E-state index in [4.69, 9.17) is 14.3 Å². The van der Waals surface area contributed by atoms with Gasteiger partial charge >= 0.3 is 18.0 Å². The molecule has 3 aromatic rings. The van der Waals surface area contributed by atoms with Gasteiger partial charge in [-0.2, -0.15) is 0 Å². The number of nitrogens with one attached hydrogen (secondary N) is 1. The Labute approximate surface area is 161 Å². The third-order valence-electron chi connectivity index (χ3n) is 4.81. The Kier molecular flexibility index (Phi) is 4.57. The average Bonchev–Trinajstić information content (AvgIpc) is 3.23. The standard InChI is InChI=1S/C21H18N2O5/c1-12-18(28-19(23-12)20(24)25)10-22-21(26)27-11-17-15-8-4-2-6-13(15)14-7-3-5-9-16(14)17/h2-9,17H,10-11H2,1H3,(H,22,26)(H,24,25). The third-order valence-corrected chi connectivity index (χ3v) is 4.81. The molecule has 0 saturated carbocycles. The summed E-state index contributed by atoms with van der Waals surface area (Å²) < 4.78 is 10.5. The molecular formula is C21H18N2O5. The largest absolute Gasteiger partial charge is 0.474 e. The molecule has 7 heteroatoms. The zero-order chi connectivity index (χ0) is 19.7. The van der Waals surface area contributed by atoms with E-state index in [1.165, 1.54) is 0 Å². The van der Waals surface area contributed by atoms with E-state index in [1.54, 1.807) is 6.92 Å². The van der Waals surface area contributed by atoms with E-state index in [-0.39, 0.29) is 24.8 Å². The minimum absolute atomic E-state index is 0.00277. The predicted octanol–water partition coefficient (Wildman–Crippen LogP) is 3.72. The molecule has 1 aliphatic rings. The van der Waals surface area contributed by atoms with Gasteiger partial charge in [-0.05, 0) is 29.2 Å². The first kappa shape index (κ1) is 17.8. The first-order chi connectivity index (χ1) is 13.5. The van der Waals surface area contributed by atoms with Gasteiger partial charge in [0.05, 0.1) is 12.2 Å². The lowest BCUT2D eigenvalue weighted by atomic mass is 9.98.